The maximum absolute atomic E-state index is 5.55. The molecule has 1 aliphatic heterocycles. The van der Waals surface area contributed by atoms with Crippen molar-refractivity contribution in [1.82, 2.24) is 10.6 Å². The molecule has 2 N–H and O–H groups in total. The topological polar surface area (TPSA) is 67.4 Å². The first kappa shape index (κ1) is 22.1. The number of methoxy groups -OCH3 is 3. The first-order valence-corrected chi connectivity index (χ1v) is 11.2. The second-order valence-electron chi connectivity index (χ2n) is 7.06. The average Bonchev–Trinajstić information content (AvgIpc) is 3.32. The Morgan fingerprint density at radius 1 is 1.13 bits per heavy atom. The number of anilines is 1. The highest BCUT2D eigenvalue weighted by molar-refractivity contribution is 7.14. The number of benzene rings is 1. The summed E-state index contributed by atoms with van der Waals surface area (Å²) < 4.78 is 16.4. The second kappa shape index (κ2) is 11.0. The van der Waals surface area contributed by atoms with Crippen molar-refractivity contribution in [2.75, 3.05) is 45.9 Å². The SMILES string of the molecule is CCNC(=NCc1c(OC)cc(OC)cc1OC)NC1CCN(c2cccs2)CC1. The van der Waals surface area contributed by atoms with Crippen LogP contribution in [0, 0.1) is 0 Å². The van der Waals surface area contributed by atoms with Crippen LogP contribution < -0.4 is 29.7 Å². The monoisotopic (exact) mass is 432 g/mol. The lowest BCUT2D eigenvalue weighted by Gasteiger charge is -2.33. The number of ether oxygens (including phenoxy) is 3. The Hall–Kier alpha value is -2.61. The molecule has 8 heteroatoms. The molecule has 0 radical (unpaired) electrons. The molecule has 1 aromatic heterocycles. The average molecular weight is 433 g/mol. The molecule has 0 saturated carbocycles. The molecule has 2 heterocycles. The van der Waals surface area contributed by atoms with E-state index in [9.17, 15) is 0 Å². The summed E-state index contributed by atoms with van der Waals surface area (Å²) >= 11 is 1.80. The number of rotatable bonds is 8. The maximum Gasteiger partial charge on any atom is 0.191 e. The number of guanidine groups is 1. The van der Waals surface area contributed by atoms with Crippen LogP contribution in [0.1, 0.15) is 25.3 Å². The molecule has 1 fully saturated rings. The van der Waals surface area contributed by atoms with Gasteiger partial charge >= 0.3 is 0 Å². The predicted molar refractivity (Wildman–Crippen MR) is 124 cm³/mol. The van der Waals surface area contributed by atoms with Crippen molar-refractivity contribution < 1.29 is 14.2 Å². The van der Waals surface area contributed by atoms with Gasteiger partial charge in [-0.15, -0.1) is 11.3 Å². The van der Waals surface area contributed by atoms with E-state index < -0.39 is 0 Å². The van der Waals surface area contributed by atoms with Crippen molar-refractivity contribution in [3.05, 3.63) is 35.2 Å². The first-order valence-electron chi connectivity index (χ1n) is 10.3. The summed E-state index contributed by atoms with van der Waals surface area (Å²) in [4.78, 5) is 7.26. The van der Waals surface area contributed by atoms with Crippen molar-refractivity contribution in [3.63, 3.8) is 0 Å². The van der Waals surface area contributed by atoms with Crippen molar-refractivity contribution in [2.45, 2.75) is 32.4 Å². The molecule has 0 spiro atoms. The van der Waals surface area contributed by atoms with Crippen LogP contribution in [0.5, 0.6) is 17.2 Å². The Bertz CT molecular complexity index is 793. The van der Waals surface area contributed by atoms with Crippen LogP contribution in [-0.2, 0) is 6.54 Å². The lowest BCUT2D eigenvalue weighted by molar-refractivity contribution is 0.369. The fourth-order valence-corrected chi connectivity index (χ4v) is 4.38. The number of piperidine rings is 1. The van der Waals surface area contributed by atoms with E-state index in [0.717, 1.165) is 44.0 Å². The zero-order valence-electron chi connectivity index (χ0n) is 18.2. The molecule has 0 amide bonds. The molecule has 1 aromatic carbocycles. The summed E-state index contributed by atoms with van der Waals surface area (Å²) in [7, 11) is 4.92. The Labute approximate surface area is 183 Å². The van der Waals surface area contributed by atoms with E-state index in [1.165, 1.54) is 5.00 Å². The molecule has 3 rings (SSSR count). The van der Waals surface area contributed by atoms with E-state index in [0.29, 0.717) is 29.8 Å². The first-order chi connectivity index (χ1) is 14.7. The Morgan fingerprint density at radius 2 is 1.83 bits per heavy atom. The fourth-order valence-electron chi connectivity index (χ4n) is 3.60. The van der Waals surface area contributed by atoms with Gasteiger partial charge in [0.1, 0.15) is 17.2 Å². The third-order valence-electron chi connectivity index (χ3n) is 5.21. The Kier molecular flexibility index (Phi) is 8.07. The van der Waals surface area contributed by atoms with Gasteiger partial charge in [-0.1, -0.05) is 0 Å². The van der Waals surface area contributed by atoms with Gasteiger partial charge in [-0.25, -0.2) is 4.99 Å². The minimum Gasteiger partial charge on any atom is -0.496 e. The molecule has 164 valence electrons. The number of nitrogens with zero attached hydrogens (tertiary/aromatic N) is 2. The van der Waals surface area contributed by atoms with E-state index in [1.807, 2.05) is 12.1 Å². The number of nitrogens with one attached hydrogen (secondary N) is 2. The van der Waals surface area contributed by atoms with Crippen LogP contribution in [0.25, 0.3) is 0 Å². The van der Waals surface area contributed by atoms with Crippen LogP contribution >= 0.6 is 11.3 Å². The molecule has 0 unspecified atom stereocenters. The Balaban J connectivity index is 1.67. The van der Waals surface area contributed by atoms with Gasteiger partial charge in [0, 0.05) is 37.8 Å². The zero-order valence-corrected chi connectivity index (χ0v) is 19.1. The minimum absolute atomic E-state index is 0.402. The van der Waals surface area contributed by atoms with Gasteiger partial charge in [-0.2, -0.15) is 0 Å². The summed E-state index contributed by atoms with van der Waals surface area (Å²) in [5, 5.41) is 10.4. The van der Waals surface area contributed by atoms with Crippen LogP contribution in [0.15, 0.2) is 34.6 Å². The molecule has 30 heavy (non-hydrogen) atoms. The van der Waals surface area contributed by atoms with E-state index >= 15 is 0 Å². The summed E-state index contributed by atoms with van der Waals surface area (Å²) in [5.41, 5.74) is 0.894. The number of hydrogen-bond donors (Lipinski definition) is 2. The van der Waals surface area contributed by atoms with Gasteiger partial charge in [0.2, 0.25) is 0 Å². The smallest absolute Gasteiger partial charge is 0.191 e. The molecule has 0 aliphatic carbocycles. The lowest BCUT2D eigenvalue weighted by atomic mass is 10.1. The predicted octanol–water partition coefficient (Wildman–Crippen LogP) is 3.50. The molecule has 1 aliphatic rings. The van der Waals surface area contributed by atoms with Crippen molar-refractivity contribution in [1.29, 1.82) is 0 Å². The molecular formula is C22H32N4O3S. The van der Waals surface area contributed by atoms with E-state index in [2.05, 4.69) is 40.0 Å². The van der Waals surface area contributed by atoms with E-state index in [-0.39, 0.29) is 0 Å². The molecular weight excluding hydrogens is 400 g/mol. The van der Waals surface area contributed by atoms with Crippen LogP contribution in [0.4, 0.5) is 5.00 Å². The summed E-state index contributed by atoms with van der Waals surface area (Å²) in [6.07, 6.45) is 2.16. The highest BCUT2D eigenvalue weighted by Gasteiger charge is 2.21. The minimum atomic E-state index is 0.402. The maximum atomic E-state index is 5.55. The molecule has 0 bridgehead atoms. The largest absolute Gasteiger partial charge is 0.496 e. The van der Waals surface area contributed by atoms with E-state index in [4.69, 9.17) is 19.2 Å². The molecule has 0 atom stereocenters. The number of hydrogen-bond acceptors (Lipinski definition) is 6. The van der Waals surface area contributed by atoms with Gasteiger partial charge in [0.05, 0.1) is 38.4 Å². The molecule has 7 nitrogen and oxygen atoms in total. The van der Waals surface area contributed by atoms with Crippen LogP contribution in [-0.4, -0.2) is 53.0 Å². The lowest BCUT2D eigenvalue weighted by Crippen LogP contribution is -2.48. The fraction of sp³-hybridized carbons (Fsp3) is 0.500. The van der Waals surface area contributed by atoms with Gasteiger partial charge in [-0.3, -0.25) is 0 Å². The van der Waals surface area contributed by atoms with Gasteiger partial charge in [-0.05, 0) is 37.3 Å². The third kappa shape index (κ3) is 5.50. The summed E-state index contributed by atoms with van der Waals surface area (Å²) in [6, 6.07) is 8.42. The van der Waals surface area contributed by atoms with Gasteiger partial charge in [0.15, 0.2) is 5.96 Å². The quantitative estimate of drug-likeness (QED) is 0.492. The zero-order chi connectivity index (χ0) is 21.3. The highest BCUT2D eigenvalue weighted by Crippen LogP contribution is 2.34. The number of aliphatic imine (C=N–C) groups is 1. The van der Waals surface area contributed by atoms with Crippen molar-refractivity contribution in [3.8, 4) is 17.2 Å². The number of thiophene rings is 1. The van der Waals surface area contributed by atoms with Gasteiger partial charge in [0.25, 0.3) is 0 Å². The van der Waals surface area contributed by atoms with Crippen LogP contribution in [0.2, 0.25) is 0 Å². The van der Waals surface area contributed by atoms with Crippen molar-refractivity contribution in [2.24, 2.45) is 4.99 Å². The molecule has 1 saturated heterocycles. The Morgan fingerprint density at radius 3 is 2.37 bits per heavy atom. The summed E-state index contributed by atoms with van der Waals surface area (Å²) in [5.74, 6) is 2.91. The van der Waals surface area contributed by atoms with Crippen LogP contribution in [0.3, 0.4) is 0 Å². The molecule has 2 aromatic rings. The highest BCUT2D eigenvalue weighted by atomic mass is 32.1. The van der Waals surface area contributed by atoms with Crippen molar-refractivity contribution >= 4 is 22.3 Å². The third-order valence-corrected chi connectivity index (χ3v) is 6.14. The van der Waals surface area contributed by atoms with Gasteiger partial charge < -0.3 is 29.7 Å². The normalized spacial score (nSPS) is 15.1. The second-order valence-corrected chi connectivity index (χ2v) is 7.99. The van der Waals surface area contributed by atoms with E-state index in [1.54, 1.807) is 32.7 Å². The standard InChI is InChI=1S/C22H32N4O3S/c1-5-23-22(25-16-8-10-26(11-9-16)21-7-6-12-30-21)24-15-18-19(28-3)13-17(27-2)14-20(18)29-4/h6-7,12-14,16H,5,8-11,15H2,1-4H3,(H2,23,24,25). The summed E-state index contributed by atoms with van der Waals surface area (Å²) in [6.45, 7) is 5.43.